The first-order chi connectivity index (χ1) is 51.8. The van der Waals surface area contributed by atoms with Crippen molar-refractivity contribution in [2.24, 2.45) is 0 Å². The maximum atomic E-state index is 13.5. The number of ether oxygens (including phenoxy) is 6. The Morgan fingerprint density at radius 2 is 0.623 bits per heavy atom. The summed E-state index contributed by atoms with van der Waals surface area (Å²) in [5.41, 5.74) is 0. The van der Waals surface area contributed by atoms with Crippen molar-refractivity contribution in [3.8, 4) is 0 Å². The monoisotopic (exact) mass is 1510 g/mol. The first-order valence-corrected chi connectivity index (χ1v) is 44.2. The van der Waals surface area contributed by atoms with Crippen molar-refractivity contribution in [2.45, 2.75) is 484 Å². The molecule has 17 unspecified atom stereocenters. The third-order valence-corrected chi connectivity index (χ3v) is 22.2. The number of rotatable bonds is 72. The van der Waals surface area contributed by atoms with Crippen molar-refractivity contribution in [1.82, 2.24) is 5.32 Å². The minimum atomic E-state index is -1.98. The number of carbonyl (C=O) groups excluding carboxylic acids is 1. The smallest absolute Gasteiger partial charge is 0.220 e. The topological polar surface area (TPSA) is 307 Å². The van der Waals surface area contributed by atoms with E-state index in [1.807, 2.05) is 6.08 Å². The first-order valence-electron chi connectivity index (χ1n) is 44.2. The van der Waals surface area contributed by atoms with Crippen LogP contribution in [0.3, 0.4) is 0 Å². The molecule has 0 bridgehead atoms. The fourth-order valence-electron chi connectivity index (χ4n) is 15.1. The second-order valence-electron chi connectivity index (χ2n) is 31.7. The Labute approximate surface area is 644 Å². The number of hydrogen-bond donors (Lipinski definition) is 12. The summed E-state index contributed by atoms with van der Waals surface area (Å²) in [6.07, 6.45) is 58.6. The van der Waals surface area contributed by atoms with Gasteiger partial charge in [-0.1, -0.05) is 359 Å². The Kier molecular flexibility index (Phi) is 62.5. The van der Waals surface area contributed by atoms with Crippen LogP contribution in [0.1, 0.15) is 380 Å². The molecule has 624 valence electrons. The lowest BCUT2D eigenvalue weighted by Gasteiger charge is -2.48. The molecule has 0 aromatic rings. The third-order valence-electron chi connectivity index (χ3n) is 22.2. The van der Waals surface area contributed by atoms with Gasteiger partial charge in [0.25, 0.3) is 0 Å². The van der Waals surface area contributed by atoms with Gasteiger partial charge >= 0.3 is 0 Å². The van der Waals surface area contributed by atoms with E-state index in [1.54, 1.807) is 6.08 Å². The molecule has 0 aromatic heterocycles. The number of unbranched alkanes of at least 4 members (excludes halogenated alkanes) is 52. The van der Waals surface area contributed by atoms with E-state index >= 15 is 0 Å². The number of hydrogen-bond acceptors (Lipinski definition) is 18. The summed E-state index contributed by atoms with van der Waals surface area (Å²) in [5, 5.41) is 121. The van der Waals surface area contributed by atoms with Gasteiger partial charge in [-0.3, -0.25) is 4.79 Å². The summed E-state index contributed by atoms with van der Waals surface area (Å²) < 4.78 is 34.5. The van der Waals surface area contributed by atoms with Crippen molar-refractivity contribution >= 4 is 5.91 Å². The fourth-order valence-corrected chi connectivity index (χ4v) is 15.1. The zero-order valence-electron chi connectivity index (χ0n) is 67.2. The Morgan fingerprint density at radius 1 is 0.340 bits per heavy atom. The minimum Gasteiger partial charge on any atom is -0.394 e. The van der Waals surface area contributed by atoms with E-state index < -0.39 is 124 Å². The van der Waals surface area contributed by atoms with E-state index in [0.29, 0.717) is 6.42 Å². The molecule has 3 fully saturated rings. The predicted molar refractivity (Wildman–Crippen MR) is 425 cm³/mol. The van der Waals surface area contributed by atoms with Crippen LogP contribution in [-0.2, 0) is 33.2 Å². The standard InChI is InChI=1S/C87H163NO18/c1-3-5-7-9-11-13-15-17-19-21-23-25-27-29-31-33-34-35-37-38-40-42-44-46-48-50-52-54-56-58-60-62-64-71(92)70(88-75(93)65-63-61-59-57-55-53-51-49-47-45-43-41-39-36-32-30-28-26-24-22-20-18-16-14-12-10-8-6-4-2)69-101-85-81(99)78(96)83(73(67-90)103-85)106-87-82(100)79(97)84(74(68-91)104-87)105-86-80(98)77(95)76(94)72(66-89)102-86/h16,18,22,24,62,64,70-74,76-87,89-92,94-100H,3-15,17,19-21,23,25-61,63,65-69H2,1-2H3,(H,88,93)/b18-16-,24-22-,64-62+. The largest absolute Gasteiger partial charge is 0.394 e. The summed E-state index contributed by atoms with van der Waals surface area (Å²) >= 11 is 0. The molecule has 3 aliphatic heterocycles. The van der Waals surface area contributed by atoms with Gasteiger partial charge in [-0.05, 0) is 51.4 Å². The Morgan fingerprint density at radius 3 is 0.962 bits per heavy atom. The lowest BCUT2D eigenvalue weighted by atomic mass is 9.96. The van der Waals surface area contributed by atoms with Gasteiger partial charge in [-0.15, -0.1) is 0 Å². The van der Waals surface area contributed by atoms with Crippen LogP contribution >= 0.6 is 0 Å². The van der Waals surface area contributed by atoms with E-state index in [4.69, 9.17) is 28.4 Å². The van der Waals surface area contributed by atoms with E-state index in [0.717, 1.165) is 51.4 Å². The third kappa shape index (κ3) is 46.3. The summed E-state index contributed by atoms with van der Waals surface area (Å²) in [7, 11) is 0. The molecule has 0 aliphatic carbocycles. The number of aliphatic hydroxyl groups excluding tert-OH is 11. The number of allylic oxidation sites excluding steroid dienone is 5. The molecule has 17 atom stereocenters. The SMILES string of the molecule is CCCCCCC/C=C\C/C=C\CCCCCCCCCCCCCCCCCCCC(=O)NC(COC1OC(CO)C(OC2OC(CO)C(OC3OC(CO)C(O)C(O)C3O)C(O)C2O)C(O)C1O)C(O)/C=C/CCCCCCCCCCCCCCCCCCCCCCCCCCCCCCCC. The highest BCUT2D eigenvalue weighted by atomic mass is 16.8. The van der Waals surface area contributed by atoms with Gasteiger partial charge in [0.05, 0.1) is 38.6 Å². The predicted octanol–water partition coefficient (Wildman–Crippen LogP) is 16.2. The highest BCUT2D eigenvalue weighted by molar-refractivity contribution is 5.76. The van der Waals surface area contributed by atoms with Gasteiger partial charge in [0, 0.05) is 6.42 Å². The van der Waals surface area contributed by atoms with Gasteiger partial charge < -0.3 is 89.9 Å². The normalized spacial score (nSPS) is 25.8. The average molecular weight is 1510 g/mol. The van der Waals surface area contributed by atoms with Gasteiger partial charge in [0.2, 0.25) is 5.91 Å². The summed E-state index contributed by atoms with van der Waals surface area (Å²) in [6, 6.07) is -0.974. The van der Waals surface area contributed by atoms with Crippen LogP contribution in [0.4, 0.5) is 0 Å². The van der Waals surface area contributed by atoms with Crippen LogP contribution < -0.4 is 5.32 Å². The molecule has 3 aliphatic rings. The van der Waals surface area contributed by atoms with Gasteiger partial charge in [-0.2, -0.15) is 0 Å². The van der Waals surface area contributed by atoms with Crippen LogP contribution in [-0.4, -0.2) is 193 Å². The van der Waals surface area contributed by atoms with Crippen LogP contribution in [0.15, 0.2) is 36.5 Å². The number of nitrogens with one attached hydrogen (secondary N) is 1. The molecule has 3 heterocycles. The number of carbonyl (C=O) groups is 1. The molecule has 19 heteroatoms. The summed E-state index contributed by atoms with van der Waals surface area (Å²) in [5.74, 6) is -0.268. The minimum absolute atomic E-state index is 0.246. The quantitative estimate of drug-likeness (QED) is 0.0199. The molecule has 3 saturated heterocycles. The molecule has 106 heavy (non-hydrogen) atoms. The molecular weight excluding hydrogens is 1350 g/mol. The van der Waals surface area contributed by atoms with Gasteiger partial charge in [0.1, 0.15) is 73.2 Å². The molecule has 3 rings (SSSR count). The molecule has 0 aromatic carbocycles. The first kappa shape index (κ1) is 98.2. The van der Waals surface area contributed by atoms with E-state index in [2.05, 4.69) is 43.5 Å². The second kappa shape index (κ2) is 67.5. The van der Waals surface area contributed by atoms with Crippen LogP contribution in [0, 0.1) is 0 Å². The molecule has 19 nitrogen and oxygen atoms in total. The van der Waals surface area contributed by atoms with E-state index in [1.165, 1.54) is 302 Å². The van der Waals surface area contributed by atoms with E-state index in [9.17, 15) is 61.0 Å². The fraction of sp³-hybridized carbons (Fsp3) is 0.920. The Balaban J connectivity index is 1.34. The van der Waals surface area contributed by atoms with Crippen molar-refractivity contribution in [2.75, 3.05) is 26.4 Å². The number of amides is 1. The summed E-state index contributed by atoms with van der Waals surface area (Å²) in [4.78, 5) is 13.5. The molecule has 0 radical (unpaired) electrons. The van der Waals surface area contributed by atoms with Crippen molar-refractivity contribution in [3.63, 3.8) is 0 Å². The molecule has 12 N–H and O–H groups in total. The molecular formula is C87H163NO18. The number of aliphatic hydroxyl groups is 11. The zero-order chi connectivity index (χ0) is 76.7. The average Bonchev–Trinajstić information content (AvgIpc) is 0.781. The van der Waals surface area contributed by atoms with Crippen LogP contribution in [0.2, 0.25) is 0 Å². The lowest BCUT2D eigenvalue weighted by Crippen LogP contribution is -2.66. The molecule has 0 spiro atoms. The van der Waals surface area contributed by atoms with Crippen molar-refractivity contribution in [3.05, 3.63) is 36.5 Å². The van der Waals surface area contributed by atoms with Crippen LogP contribution in [0.5, 0.6) is 0 Å². The van der Waals surface area contributed by atoms with Gasteiger partial charge in [-0.25, -0.2) is 0 Å². The lowest BCUT2D eigenvalue weighted by molar-refractivity contribution is -0.379. The Bertz CT molecular complexity index is 2050. The summed E-state index contributed by atoms with van der Waals surface area (Å²) in [6.45, 7) is 1.79. The van der Waals surface area contributed by atoms with E-state index in [-0.39, 0.29) is 18.9 Å². The molecule has 1 amide bonds. The van der Waals surface area contributed by atoms with Crippen molar-refractivity contribution in [1.29, 1.82) is 0 Å². The maximum absolute atomic E-state index is 13.5. The zero-order valence-corrected chi connectivity index (χ0v) is 67.2. The van der Waals surface area contributed by atoms with Crippen LogP contribution in [0.25, 0.3) is 0 Å². The van der Waals surface area contributed by atoms with Crippen molar-refractivity contribution < 1.29 is 89.4 Å². The molecule has 0 saturated carbocycles. The highest BCUT2D eigenvalue weighted by Crippen LogP contribution is 2.34. The van der Waals surface area contributed by atoms with Gasteiger partial charge in [0.15, 0.2) is 18.9 Å². The maximum Gasteiger partial charge on any atom is 0.220 e. The Hall–Kier alpha value is -1.99. The highest BCUT2D eigenvalue weighted by Gasteiger charge is 2.54. The second-order valence-corrected chi connectivity index (χ2v) is 31.7.